The summed E-state index contributed by atoms with van der Waals surface area (Å²) in [5.41, 5.74) is 6.98. The van der Waals surface area contributed by atoms with E-state index in [1.807, 2.05) is 19.3 Å². The molecule has 1 saturated heterocycles. The number of aromatic nitrogens is 4. The van der Waals surface area contributed by atoms with Gasteiger partial charge in [-0.2, -0.15) is 0 Å². The average Bonchev–Trinajstić information content (AvgIpc) is 3.29. The van der Waals surface area contributed by atoms with Crippen LogP contribution in [0.1, 0.15) is 47.2 Å². The molecule has 0 aromatic carbocycles. The highest BCUT2D eigenvalue weighted by Crippen LogP contribution is 2.42. The number of alkyl halides is 1. The Hall–Kier alpha value is -2.34. The molecule has 3 aromatic rings. The number of hydrogen-bond donors (Lipinski definition) is 0. The van der Waals surface area contributed by atoms with E-state index in [0.29, 0.717) is 11.9 Å². The van der Waals surface area contributed by atoms with Crippen LogP contribution >= 0.6 is 0 Å². The van der Waals surface area contributed by atoms with E-state index in [-0.39, 0.29) is 0 Å². The summed E-state index contributed by atoms with van der Waals surface area (Å²) in [5.74, 6) is 0.292. The van der Waals surface area contributed by atoms with Crippen molar-refractivity contribution in [3.05, 3.63) is 52.9 Å². The van der Waals surface area contributed by atoms with Crippen LogP contribution < -0.4 is 0 Å². The molecule has 1 atom stereocenters. The number of fused-ring (bicyclic) bond motifs is 5. The van der Waals surface area contributed by atoms with Gasteiger partial charge in [-0.15, -0.1) is 0 Å². The van der Waals surface area contributed by atoms with Gasteiger partial charge in [-0.3, -0.25) is 9.88 Å². The fourth-order valence-electron chi connectivity index (χ4n) is 4.73. The van der Waals surface area contributed by atoms with Crippen LogP contribution in [0.4, 0.5) is 4.39 Å². The molecule has 0 amide bonds. The largest absolute Gasteiger partial charge is 0.341 e. The lowest BCUT2D eigenvalue weighted by Gasteiger charge is -2.30. The quantitative estimate of drug-likeness (QED) is 0.709. The molecule has 3 aromatic heterocycles. The molecular formula is C21H24FN5. The molecule has 6 heteroatoms. The highest BCUT2D eigenvalue weighted by Gasteiger charge is 2.36. The van der Waals surface area contributed by atoms with Crippen molar-refractivity contribution in [1.29, 1.82) is 0 Å². The van der Waals surface area contributed by atoms with E-state index in [9.17, 15) is 4.39 Å². The normalized spacial score (nSPS) is 19.4. The average molecular weight is 365 g/mol. The molecule has 2 aliphatic rings. The molecule has 5 rings (SSSR count). The maximum Gasteiger partial charge on any atom is 0.160 e. The molecule has 5 heterocycles. The minimum Gasteiger partial charge on any atom is -0.341 e. The van der Waals surface area contributed by atoms with Gasteiger partial charge >= 0.3 is 0 Å². The van der Waals surface area contributed by atoms with Gasteiger partial charge in [0.25, 0.3) is 0 Å². The van der Waals surface area contributed by atoms with E-state index in [1.165, 1.54) is 29.7 Å². The van der Waals surface area contributed by atoms with Gasteiger partial charge < -0.3 is 4.57 Å². The molecule has 0 aliphatic carbocycles. The number of aryl methyl sites for hydroxylation is 3. The summed E-state index contributed by atoms with van der Waals surface area (Å²) >= 11 is 0. The molecule has 0 bridgehead atoms. The van der Waals surface area contributed by atoms with Crippen LogP contribution in [0.3, 0.4) is 0 Å². The Balaban J connectivity index is 1.58. The van der Waals surface area contributed by atoms with Gasteiger partial charge in [0.15, 0.2) is 5.82 Å². The fourth-order valence-corrected chi connectivity index (χ4v) is 4.73. The van der Waals surface area contributed by atoms with E-state index in [1.54, 1.807) is 0 Å². The molecule has 0 saturated carbocycles. The number of hydrogen-bond acceptors (Lipinski definition) is 4. The SMILES string of the molecule is Cc1ccc(CCn2c3c(c4nc(CF)ncc42)C2CCCN2CC3)cn1. The lowest BCUT2D eigenvalue weighted by Crippen LogP contribution is -2.31. The monoisotopic (exact) mass is 365 g/mol. The first-order valence-electron chi connectivity index (χ1n) is 9.83. The van der Waals surface area contributed by atoms with Gasteiger partial charge in [-0.05, 0) is 44.4 Å². The van der Waals surface area contributed by atoms with Crippen LogP contribution in [0.2, 0.25) is 0 Å². The summed E-state index contributed by atoms with van der Waals surface area (Å²) in [6.45, 7) is 4.53. The first-order chi connectivity index (χ1) is 13.2. The predicted molar refractivity (Wildman–Crippen MR) is 102 cm³/mol. The van der Waals surface area contributed by atoms with Gasteiger partial charge in [0, 0.05) is 48.7 Å². The molecule has 0 radical (unpaired) electrons. The van der Waals surface area contributed by atoms with Crippen LogP contribution in [0, 0.1) is 6.92 Å². The lowest BCUT2D eigenvalue weighted by atomic mass is 9.98. The van der Waals surface area contributed by atoms with Crippen LogP contribution in [0.5, 0.6) is 0 Å². The zero-order valence-electron chi connectivity index (χ0n) is 15.7. The van der Waals surface area contributed by atoms with Crippen LogP contribution in [-0.4, -0.2) is 37.5 Å². The summed E-state index contributed by atoms with van der Waals surface area (Å²) in [7, 11) is 0. The van der Waals surface area contributed by atoms with Crippen molar-refractivity contribution in [1.82, 2.24) is 24.4 Å². The maximum atomic E-state index is 13.2. The molecule has 0 spiro atoms. The topological polar surface area (TPSA) is 46.8 Å². The third-order valence-electron chi connectivity index (χ3n) is 6.05. The summed E-state index contributed by atoms with van der Waals surface area (Å²) in [6, 6.07) is 4.64. The highest BCUT2D eigenvalue weighted by atomic mass is 19.1. The van der Waals surface area contributed by atoms with Gasteiger partial charge in [0.2, 0.25) is 0 Å². The van der Waals surface area contributed by atoms with E-state index in [4.69, 9.17) is 0 Å². The number of pyridine rings is 1. The molecule has 140 valence electrons. The van der Waals surface area contributed by atoms with E-state index in [2.05, 4.69) is 36.6 Å². The molecule has 2 aliphatic heterocycles. The van der Waals surface area contributed by atoms with E-state index < -0.39 is 6.67 Å². The lowest BCUT2D eigenvalue weighted by molar-refractivity contribution is 0.241. The smallest absolute Gasteiger partial charge is 0.160 e. The van der Waals surface area contributed by atoms with Crippen molar-refractivity contribution in [3.8, 4) is 0 Å². The maximum absolute atomic E-state index is 13.2. The fraction of sp³-hybridized carbons (Fsp3) is 0.476. The van der Waals surface area contributed by atoms with Gasteiger partial charge in [0.1, 0.15) is 6.67 Å². The van der Waals surface area contributed by atoms with Crippen LogP contribution in [-0.2, 0) is 26.1 Å². The molecule has 1 fully saturated rings. The van der Waals surface area contributed by atoms with Gasteiger partial charge in [0.05, 0.1) is 17.2 Å². The second kappa shape index (κ2) is 6.68. The highest BCUT2D eigenvalue weighted by molar-refractivity contribution is 5.82. The Morgan fingerprint density at radius 1 is 1.19 bits per heavy atom. The zero-order valence-corrected chi connectivity index (χ0v) is 15.7. The van der Waals surface area contributed by atoms with Gasteiger partial charge in [-0.25, -0.2) is 14.4 Å². The number of halogens is 1. The molecular weight excluding hydrogens is 341 g/mol. The van der Waals surface area contributed by atoms with Crippen molar-refractivity contribution in [3.63, 3.8) is 0 Å². The summed E-state index contributed by atoms with van der Waals surface area (Å²) in [6.07, 6.45) is 8.13. The first kappa shape index (κ1) is 16.8. The zero-order chi connectivity index (χ0) is 18.4. The second-order valence-corrected chi connectivity index (χ2v) is 7.67. The summed E-state index contributed by atoms with van der Waals surface area (Å²) in [4.78, 5) is 15.8. The molecule has 0 N–H and O–H groups in total. The first-order valence-corrected chi connectivity index (χ1v) is 9.83. The summed E-state index contributed by atoms with van der Waals surface area (Å²) in [5, 5.41) is 0. The van der Waals surface area contributed by atoms with Crippen molar-refractivity contribution < 1.29 is 4.39 Å². The Kier molecular flexibility index (Phi) is 4.16. The van der Waals surface area contributed by atoms with Crippen molar-refractivity contribution in [2.24, 2.45) is 0 Å². The summed E-state index contributed by atoms with van der Waals surface area (Å²) < 4.78 is 15.6. The Labute approximate surface area is 158 Å². The second-order valence-electron chi connectivity index (χ2n) is 7.67. The number of rotatable bonds is 4. The predicted octanol–water partition coefficient (Wildman–Crippen LogP) is 3.54. The third-order valence-corrected chi connectivity index (χ3v) is 6.05. The molecule has 27 heavy (non-hydrogen) atoms. The Morgan fingerprint density at radius 2 is 2.11 bits per heavy atom. The Morgan fingerprint density at radius 3 is 2.93 bits per heavy atom. The van der Waals surface area contributed by atoms with E-state index in [0.717, 1.165) is 49.2 Å². The number of nitrogens with zero attached hydrogens (tertiary/aromatic N) is 5. The van der Waals surface area contributed by atoms with Crippen molar-refractivity contribution in [2.45, 2.75) is 51.9 Å². The van der Waals surface area contributed by atoms with Crippen LogP contribution in [0.15, 0.2) is 24.5 Å². The van der Waals surface area contributed by atoms with Crippen molar-refractivity contribution >= 4 is 11.0 Å². The molecule has 1 unspecified atom stereocenters. The molecule has 5 nitrogen and oxygen atoms in total. The van der Waals surface area contributed by atoms with Gasteiger partial charge in [-0.1, -0.05) is 6.07 Å². The van der Waals surface area contributed by atoms with Crippen molar-refractivity contribution in [2.75, 3.05) is 13.1 Å². The third kappa shape index (κ3) is 2.83. The Bertz CT molecular complexity index is 978. The standard InChI is InChI=1S/C21H24FN5/c1-14-4-5-15(12-23-14)6-10-27-17-7-9-26-8-2-3-16(26)20(17)21-18(27)13-24-19(11-22)25-21/h4-5,12-13,16H,2-3,6-11H2,1H3. The minimum atomic E-state index is -0.612. The van der Waals surface area contributed by atoms with Crippen LogP contribution in [0.25, 0.3) is 11.0 Å². The van der Waals surface area contributed by atoms with E-state index >= 15 is 0 Å². The minimum absolute atomic E-state index is 0.292.